The fraction of sp³-hybridized carbons (Fsp3) is 0.269. The van der Waals surface area contributed by atoms with Crippen molar-refractivity contribution in [3.63, 3.8) is 0 Å². The van der Waals surface area contributed by atoms with E-state index in [1.807, 2.05) is 63.2 Å². The number of amides is 1. The summed E-state index contributed by atoms with van der Waals surface area (Å²) in [7, 11) is 0. The van der Waals surface area contributed by atoms with E-state index in [2.05, 4.69) is 15.0 Å². The van der Waals surface area contributed by atoms with Gasteiger partial charge < -0.3 is 14.5 Å². The number of halogens is 1. The van der Waals surface area contributed by atoms with Gasteiger partial charge in [-0.3, -0.25) is 9.88 Å². The molecule has 1 atom stereocenters. The van der Waals surface area contributed by atoms with Crippen molar-refractivity contribution in [2.75, 3.05) is 13.2 Å². The van der Waals surface area contributed by atoms with Gasteiger partial charge in [0.05, 0.1) is 18.0 Å². The van der Waals surface area contributed by atoms with Crippen LogP contribution in [-0.4, -0.2) is 39.1 Å². The lowest BCUT2D eigenvalue weighted by Crippen LogP contribution is -2.40. The number of ether oxygens (including phenoxy) is 2. The Morgan fingerprint density at radius 2 is 2.00 bits per heavy atom. The summed E-state index contributed by atoms with van der Waals surface area (Å²) in [5.41, 5.74) is 5.61. The number of carbonyl (C=O) groups excluding carboxylic acids is 1. The van der Waals surface area contributed by atoms with Gasteiger partial charge in [-0.25, -0.2) is 9.78 Å². The second-order valence-corrected chi connectivity index (χ2v) is 8.76. The van der Waals surface area contributed by atoms with Crippen molar-refractivity contribution >= 4 is 28.6 Å². The van der Waals surface area contributed by atoms with E-state index in [0.717, 1.165) is 40.0 Å². The van der Waals surface area contributed by atoms with Crippen LogP contribution in [0.3, 0.4) is 0 Å². The fourth-order valence-corrected chi connectivity index (χ4v) is 4.62. The third-order valence-electron chi connectivity index (χ3n) is 6.03. The highest BCUT2D eigenvalue weighted by Gasteiger charge is 2.35. The SMILES string of the molecule is CCOC(=O)N1CCc2c([nH]c3ccc(Cl)cc23)C1c1ccc(Oc2nc(C)cnc2C)cc1. The summed E-state index contributed by atoms with van der Waals surface area (Å²) in [5.74, 6) is 1.13. The van der Waals surface area contributed by atoms with Crippen molar-refractivity contribution in [2.45, 2.75) is 33.2 Å². The molecule has 1 amide bonds. The van der Waals surface area contributed by atoms with Crippen molar-refractivity contribution in [1.29, 1.82) is 0 Å². The maximum Gasteiger partial charge on any atom is 0.410 e. The zero-order valence-corrected chi connectivity index (χ0v) is 20.0. The van der Waals surface area contributed by atoms with Gasteiger partial charge in [0.25, 0.3) is 0 Å². The normalized spacial score (nSPS) is 15.3. The van der Waals surface area contributed by atoms with E-state index in [4.69, 9.17) is 21.1 Å². The molecule has 34 heavy (non-hydrogen) atoms. The summed E-state index contributed by atoms with van der Waals surface area (Å²) in [6.07, 6.45) is 2.10. The Kier molecular flexibility index (Phi) is 5.87. The highest BCUT2D eigenvalue weighted by atomic mass is 35.5. The number of fused-ring (bicyclic) bond motifs is 3. The molecule has 0 bridgehead atoms. The van der Waals surface area contributed by atoms with Crippen LogP contribution in [0.15, 0.2) is 48.7 Å². The topological polar surface area (TPSA) is 80.3 Å². The molecule has 0 aliphatic carbocycles. The molecule has 0 radical (unpaired) electrons. The maximum atomic E-state index is 12.9. The summed E-state index contributed by atoms with van der Waals surface area (Å²) in [6, 6.07) is 13.2. The number of hydrogen-bond donors (Lipinski definition) is 1. The molecule has 0 spiro atoms. The zero-order chi connectivity index (χ0) is 23.8. The van der Waals surface area contributed by atoms with Crippen LogP contribution in [0.5, 0.6) is 11.6 Å². The monoisotopic (exact) mass is 476 g/mol. The van der Waals surface area contributed by atoms with Crippen LogP contribution in [0.2, 0.25) is 5.02 Å². The summed E-state index contributed by atoms with van der Waals surface area (Å²) >= 11 is 6.27. The number of carbonyl (C=O) groups is 1. The Hall–Kier alpha value is -3.58. The highest BCUT2D eigenvalue weighted by Crippen LogP contribution is 2.40. The average molecular weight is 477 g/mol. The van der Waals surface area contributed by atoms with Crippen molar-refractivity contribution in [3.05, 3.63) is 81.9 Å². The first-order chi connectivity index (χ1) is 16.4. The number of H-pyrrole nitrogens is 1. The third kappa shape index (κ3) is 4.07. The maximum absolute atomic E-state index is 12.9. The second kappa shape index (κ2) is 8.99. The Balaban J connectivity index is 1.53. The molecule has 1 aliphatic rings. The van der Waals surface area contributed by atoms with Crippen molar-refractivity contribution in [1.82, 2.24) is 19.9 Å². The predicted octanol–water partition coefficient (Wildman–Crippen LogP) is 6.12. The van der Waals surface area contributed by atoms with Gasteiger partial charge in [-0.1, -0.05) is 23.7 Å². The van der Waals surface area contributed by atoms with Gasteiger partial charge in [0.2, 0.25) is 5.88 Å². The quantitative estimate of drug-likeness (QED) is 0.383. The minimum atomic E-state index is -0.333. The average Bonchev–Trinajstić information content (AvgIpc) is 3.19. The number of aryl methyl sites for hydroxylation is 2. The van der Waals surface area contributed by atoms with Gasteiger partial charge in [0.15, 0.2) is 0 Å². The van der Waals surface area contributed by atoms with E-state index in [0.29, 0.717) is 29.8 Å². The minimum Gasteiger partial charge on any atom is -0.450 e. The van der Waals surface area contributed by atoms with Gasteiger partial charge in [0, 0.05) is 34.4 Å². The van der Waals surface area contributed by atoms with Crippen molar-refractivity contribution in [3.8, 4) is 11.6 Å². The van der Waals surface area contributed by atoms with Crippen molar-refractivity contribution in [2.24, 2.45) is 0 Å². The Bertz CT molecular complexity index is 1370. The fourth-order valence-electron chi connectivity index (χ4n) is 4.45. The van der Waals surface area contributed by atoms with E-state index in [9.17, 15) is 4.79 Å². The molecule has 0 saturated heterocycles. The van der Waals surface area contributed by atoms with Gasteiger partial charge in [0.1, 0.15) is 11.8 Å². The van der Waals surface area contributed by atoms with E-state index in [1.165, 1.54) is 5.56 Å². The van der Waals surface area contributed by atoms with Gasteiger partial charge in [-0.2, -0.15) is 0 Å². The summed E-state index contributed by atoms with van der Waals surface area (Å²) < 4.78 is 11.4. The first-order valence-corrected chi connectivity index (χ1v) is 11.6. The van der Waals surface area contributed by atoms with Gasteiger partial charge >= 0.3 is 6.09 Å². The smallest absolute Gasteiger partial charge is 0.410 e. The molecule has 8 heteroatoms. The van der Waals surface area contributed by atoms with E-state index >= 15 is 0 Å². The molecule has 1 aliphatic heterocycles. The Morgan fingerprint density at radius 3 is 2.76 bits per heavy atom. The first kappa shape index (κ1) is 22.2. The molecule has 0 saturated carbocycles. The number of nitrogens with one attached hydrogen (secondary N) is 1. The lowest BCUT2D eigenvalue weighted by molar-refractivity contribution is 0.0932. The predicted molar refractivity (Wildman–Crippen MR) is 131 cm³/mol. The largest absolute Gasteiger partial charge is 0.450 e. The minimum absolute atomic E-state index is 0.316. The van der Waals surface area contributed by atoms with Crippen molar-refractivity contribution < 1.29 is 14.3 Å². The molecular formula is C26H25ClN4O3. The van der Waals surface area contributed by atoms with Crippen LogP contribution in [-0.2, 0) is 11.2 Å². The molecule has 2 aromatic carbocycles. The second-order valence-electron chi connectivity index (χ2n) is 8.33. The molecule has 7 nitrogen and oxygen atoms in total. The van der Waals surface area contributed by atoms with E-state index in [1.54, 1.807) is 11.1 Å². The zero-order valence-electron chi connectivity index (χ0n) is 19.3. The molecule has 3 heterocycles. The molecule has 4 aromatic rings. The third-order valence-corrected chi connectivity index (χ3v) is 6.27. The van der Waals surface area contributed by atoms with E-state index in [-0.39, 0.29) is 12.1 Å². The molecule has 5 rings (SSSR count). The highest BCUT2D eigenvalue weighted by molar-refractivity contribution is 6.31. The molecular weight excluding hydrogens is 452 g/mol. The molecule has 1 unspecified atom stereocenters. The molecule has 1 N–H and O–H groups in total. The number of rotatable bonds is 4. The summed E-state index contributed by atoms with van der Waals surface area (Å²) in [5, 5.41) is 1.78. The summed E-state index contributed by atoms with van der Waals surface area (Å²) in [6.45, 7) is 6.42. The lowest BCUT2D eigenvalue weighted by Gasteiger charge is -2.35. The number of benzene rings is 2. The van der Waals surface area contributed by atoms with Crippen LogP contribution in [0, 0.1) is 13.8 Å². The number of aromatic nitrogens is 3. The molecule has 2 aromatic heterocycles. The van der Waals surface area contributed by atoms with Gasteiger partial charge in [-0.05, 0) is 68.7 Å². The van der Waals surface area contributed by atoms with Crippen LogP contribution in [0.4, 0.5) is 4.79 Å². The number of aromatic amines is 1. The molecule has 174 valence electrons. The van der Waals surface area contributed by atoms with Crippen LogP contribution < -0.4 is 4.74 Å². The van der Waals surface area contributed by atoms with E-state index < -0.39 is 0 Å². The van der Waals surface area contributed by atoms with Crippen LogP contribution >= 0.6 is 11.6 Å². The Morgan fingerprint density at radius 1 is 1.21 bits per heavy atom. The number of nitrogens with zero attached hydrogens (tertiary/aromatic N) is 3. The Labute approximate surface area is 202 Å². The number of hydrogen-bond acceptors (Lipinski definition) is 5. The molecule has 0 fully saturated rings. The lowest BCUT2D eigenvalue weighted by atomic mass is 9.92. The standard InChI is InChI=1S/C26H25ClN4O3/c1-4-33-26(32)31-12-11-20-21-13-18(27)7-10-22(21)30-23(20)24(31)17-5-8-19(9-6-17)34-25-16(3)28-14-15(2)29-25/h5-10,13-14,24,30H,4,11-12H2,1-3H3. The summed E-state index contributed by atoms with van der Waals surface area (Å²) in [4.78, 5) is 26.9. The van der Waals surface area contributed by atoms with Gasteiger partial charge in [-0.15, -0.1) is 0 Å². The van der Waals surface area contributed by atoms with Crippen LogP contribution in [0.25, 0.3) is 10.9 Å². The van der Waals surface area contributed by atoms with Crippen LogP contribution in [0.1, 0.15) is 41.2 Å². The first-order valence-electron chi connectivity index (χ1n) is 11.3.